The van der Waals surface area contributed by atoms with E-state index >= 15 is 0 Å². The lowest BCUT2D eigenvalue weighted by molar-refractivity contribution is 0.102. The zero-order valence-corrected chi connectivity index (χ0v) is 11.0. The van der Waals surface area contributed by atoms with Crippen LogP contribution in [-0.2, 0) is 6.54 Å². The minimum absolute atomic E-state index is 0.0238. The average Bonchev–Trinajstić information content (AvgIpc) is 2.77. The van der Waals surface area contributed by atoms with Gasteiger partial charge in [-0.15, -0.1) is 0 Å². The fourth-order valence-electron chi connectivity index (χ4n) is 1.53. The van der Waals surface area contributed by atoms with E-state index in [2.05, 4.69) is 27.7 Å². The second-order valence-corrected chi connectivity index (χ2v) is 4.61. The highest BCUT2D eigenvalue weighted by atomic mass is 127. The number of ketones is 1. The summed E-state index contributed by atoms with van der Waals surface area (Å²) in [6.07, 6.45) is 1.66. The van der Waals surface area contributed by atoms with Crippen LogP contribution >= 0.6 is 22.6 Å². The van der Waals surface area contributed by atoms with E-state index in [4.69, 9.17) is 0 Å². The fourth-order valence-corrected chi connectivity index (χ4v) is 1.89. The number of carbonyl (C=O) groups is 1. The summed E-state index contributed by atoms with van der Waals surface area (Å²) in [5.74, 6) is 0.0238. The van der Waals surface area contributed by atoms with Gasteiger partial charge in [-0.3, -0.25) is 9.48 Å². The minimum Gasteiger partial charge on any atom is -0.287 e. The van der Waals surface area contributed by atoms with Crippen molar-refractivity contribution in [3.8, 4) is 0 Å². The summed E-state index contributed by atoms with van der Waals surface area (Å²) in [6.45, 7) is 2.68. The molecule has 4 heteroatoms. The van der Waals surface area contributed by atoms with Gasteiger partial charge in [0.25, 0.3) is 0 Å². The second kappa shape index (κ2) is 4.78. The van der Waals surface area contributed by atoms with Crippen molar-refractivity contribution in [2.24, 2.45) is 0 Å². The molecule has 1 aromatic heterocycles. The Morgan fingerprint density at radius 2 is 2.00 bits per heavy atom. The first kappa shape index (κ1) is 11.3. The highest BCUT2D eigenvalue weighted by Gasteiger charge is 2.12. The Labute approximate surface area is 108 Å². The largest absolute Gasteiger partial charge is 0.287 e. The van der Waals surface area contributed by atoms with Crippen molar-refractivity contribution in [2.45, 2.75) is 13.5 Å². The van der Waals surface area contributed by atoms with Gasteiger partial charge >= 0.3 is 0 Å². The molecule has 0 amide bonds. The Kier molecular flexibility index (Phi) is 3.38. The summed E-state index contributed by atoms with van der Waals surface area (Å²) in [7, 11) is 0. The molecule has 2 aromatic rings. The van der Waals surface area contributed by atoms with Crippen LogP contribution in [0.15, 0.2) is 36.5 Å². The lowest BCUT2D eigenvalue weighted by Gasteiger charge is -2.03. The van der Waals surface area contributed by atoms with Gasteiger partial charge in [-0.25, -0.2) is 0 Å². The van der Waals surface area contributed by atoms with Crippen molar-refractivity contribution in [3.63, 3.8) is 0 Å². The number of halogens is 1. The summed E-state index contributed by atoms with van der Waals surface area (Å²) in [5.41, 5.74) is 1.35. The molecule has 82 valence electrons. The molecule has 0 N–H and O–H groups in total. The molecule has 1 heterocycles. The number of rotatable bonds is 3. The van der Waals surface area contributed by atoms with Crippen LogP contribution < -0.4 is 0 Å². The lowest BCUT2D eigenvalue weighted by atomic mass is 10.1. The molecule has 0 saturated heterocycles. The first-order valence-corrected chi connectivity index (χ1v) is 6.12. The summed E-state index contributed by atoms with van der Waals surface area (Å²) >= 11 is 2.22. The van der Waals surface area contributed by atoms with Crippen LogP contribution in [0, 0.1) is 3.57 Å². The van der Waals surface area contributed by atoms with Crippen LogP contribution in [0.3, 0.4) is 0 Å². The topological polar surface area (TPSA) is 34.9 Å². The molecule has 0 spiro atoms. The Morgan fingerprint density at radius 3 is 2.62 bits per heavy atom. The van der Waals surface area contributed by atoms with E-state index in [-0.39, 0.29) is 5.78 Å². The van der Waals surface area contributed by atoms with Crippen LogP contribution in [0.4, 0.5) is 0 Å². The molecule has 1 aromatic carbocycles. The van der Waals surface area contributed by atoms with Crippen molar-refractivity contribution in [1.82, 2.24) is 9.78 Å². The Hall–Kier alpha value is -1.17. The molecule has 0 atom stereocenters. The maximum Gasteiger partial charge on any atom is 0.211 e. The number of aromatic nitrogens is 2. The van der Waals surface area contributed by atoms with Crippen molar-refractivity contribution in [3.05, 3.63) is 51.4 Å². The zero-order chi connectivity index (χ0) is 11.5. The smallest absolute Gasteiger partial charge is 0.211 e. The third-order valence-corrected chi connectivity index (χ3v) is 3.07. The zero-order valence-electron chi connectivity index (χ0n) is 8.85. The summed E-state index contributed by atoms with van der Waals surface area (Å²) in [6, 6.07) is 9.30. The Bertz CT molecular complexity index is 502. The summed E-state index contributed by atoms with van der Waals surface area (Å²) < 4.78 is 2.83. The molecule has 0 aliphatic heterocycles. The van der Waals surface area contributed by atoms with E-state index < -0.39 is 0 Å². The summed E-state index contributed by atoms with van der Waals surface area (Å²) in [4.78, 5) is 12.1. The molecule has 16 heavy (non-hydrogen) atoms. The number of nitrogens with zero attached hydrogens (tertiary/aromatic N) is 2. The van der Waals surface area contributed by atoms with Gasteiger partial charge in [0.2, 0.25) is 5.78 Å². The van der Waals surface area contributed by atoms with E-state index in [1.807, 2.05) is 31.2 Å². The maximum absolute atomic E-state index is 12.1. The second-order valence-electron chi connectivity index (χ2n) is 3.37. The molecule has 2 rings (SSSR count). The standard InChI is InChI=1S/C12H11IN2O/c1-2-15-11(7-8-14-15)12(16)9-3-5-10(13)6-4-9/h3-8H,2H2,1H3. The number of hydrogen-bond acceptors (Lipinski definition) is 2. The molecule has 0 bridgehead atoms. The van der Waals surface area contributed by atoms with Crippen molar-refractivity contribution < 1.29 is 4.79 Å². The molecule has 0 unspecified atom stereocenters. The number of hydrogen-bond donors (Lipinski definition) is 0. The van der Waals surface area contributed by atoms with Gasteiger partial charge in [0.1, 0.15) is 5.69 Å². The van der Waals surface area contributed by atoms with E-state index in [0.717, 1.165) is 3.57 Å². The van der Waals surface area contributed by atoms with Crippen LogP contribution in [-0.4, -0.2) is 15.6 Å². The molecule has 3 nitrogen and oxygen atoms in total. The van der Waals surface area contributed by atoms with E-state index in [1.54, 1.807) is 16.9 Å². The maximum atomic E-state index is 12.1. The monoisotopic (exact) mass is 326 g/mol. The molecule has 0 aliphatic rings. The molecule has 0 radical (unpaired) electrons. The first-order chi connectivity index (χ1) is 7.72. The molecular weight excluding hydrogens is 315 g/mol. The summed E-state index contributed by atoms with van der Waals surface area (Å²) in [5, 5.41) is 4.09. The van der Waals surface area contributed by atoms with Crippen LogP contribution in [0.2, 0.25) is 0 Å². The van der Waals surface area contributed by atoms with Gasteiger partial charge in [-0.05, 0) is 59.8 Å². The third kappa shape index (κ3) is 2.16. The SMILES string of the molecule is CCn1nccc1C(=O)c1ccc(I)cc1. The van der Waals surface area contributed by atoms with Gasteiger partial charge in [-0.1, -0.05) is 0 Å². The predicted molar refractivity (Wildman–Crippen MR) is 70.5 cm³/mol. The van der Waals surface area contributed by atoms with E-state index in [1.165, 1.54) is 0 Å². The van der Waals surface area contributed by atoms with Gasteiger partial charge < -0.3 is 0 Å². The van der Waals surface area contributed by atoms with Gasteiger partial charge in [0.05, 0.1) is 0 Å². The Morgan fingerprint density at radius 1 is 1.31 bits per heavy atom. The van der Waals surface area contributed by atoms with Crippen LogP contribution in [0.1, 0.15) is 23.0 Å². The lowest BCUT2D eigenvalue weighted by Crippen LogP contribution is -2.10. The quantitative estimate of drug-likeness (QED) is 0.642. The Balaban J connectivity index is 2.35. The van der Waals surface area contributed by atoms with Crippen LogP contribution in [0.25, 0.3) is 0 Å². The molecule has 0 fully saturated rings. The van der Waals surface area contributed by atoms with Gasteiger partial charge in [-0.2, -0.15) is 5.10 Å². The highest BCUT2D eigenvalue weighted by molar-refractivity contribution is 14.1. The first-order valence-electron chi connectivity index (χ1n) is 5.04. The van der Waals surface area contributed by atoms with Crippen molar-refractivity contribution >= 4 is 28.4 Å². The third-order valence-electron chi connectivity index (χ3n) is 2.36. The van der Waals surface area contributed by atoms with Crippen LogP contribution in [0.5, 0.6) is 0 Å². The molecular formula is C12H11IN2O. The van der Waals surface area contributed by atoms with Crippen molar-refractivity contribution in [1.29, 1.82) is 0 Å². The molecule has 0 saturated carbocycles. The molecule has 0 aliphatic carbocycles. The highest BCUT2D eigenvalue weighted by Crippen LogP contribution is 2.12. The predicted octanol–water partition coefficient (Wildman–Crippen LogP) is 2.74. The average molecular weight is 326 g/mol. The van der Waals surface area contributed by atoms with Gasteiger partial charge in [0, 0.05) is 21.9 Å². The normalized spacial score (nSPS) is 10.4. The van der Waals surface area contributed by atoms with E-state index in [0.29, 0.717) is 17.8 Å². The minimum atomic E-state index is 0.0238. The number of carbonyl (C=O) groups excluding carboxylic acids is 1. The number of benzene rings is 1. The van der Waals surface area contributed by atoms with Gasteiger partial charge in [0.15, 0.2) is 0 Å². The number of aryl methyl sites for hydroxylation is 1. The van der Waals surface area contributed by atoms with E-state index in [9.17, 15) is 4.79 Å². The van der Waals surface area contributed by atoms with Crippen molar-refractivity contribution in [2.75, 3.05) is 0 Å². The fraction of sp³-hybridized carbons (Fsp3) is 0.167.